The van der Waals surface area contributed by atoms with Gasteiger partial charge in [-0.25, -0.2) is 0 Å². The number of amides is 1. The maximum atomic E-state index is 13.3. The van der Waals surface area contributed by atoms with Gasteiger partial charge in [0.2, 0.25) is 0 Å². The number of carbonyl (C=O) groups is 1. The van der Waals surface area contributed by atoms with E-state index in [1.54, 1.807) is 14.2 Å². The van der Waals surface area contributed by atoms with Crippen molar-refractivity contribution < 1.29 is 14.3 Å². The molecule has 2 aromatic heterocycles. The molecule has 0 fully saturated rings. The highest BCUT2D eigenvalue weighted by Crippen LogP contribution is 2.48. The van der Waals surface area contributed by atoms with Crippen LogP contribution in [0.1, 0.15) is 47.1 Å². The standard InChI is InChI=1S/C31H31N5O3/c1-16(2)36-26-9-6-17(33-18-10-19(38-4)13-20(11-18)39-5)12-22(26)28-23-14-32-31(37)29(23)27-21(30(28)36)7-8-25-24(27)15-35(3)34-25/h6,9-13,15-16,33H,7-8,14H2,1-5H3,(H,32,37). The minimum atomic E-state index is 0.00283. The van der Waals surface area contributed by atoms with Gasteiger partial charge < -0.3 is 24.7 Å². The van der Waals surface area contributed by atoms with E-state index in [9.17, 15) is 4.79 Å². The Hall–Kier alpha value is -4.46. The topological polar surface area (TPSA) is 82.3 Å². The van der Waals surface area contributed by atoms with E-state index in [2.05, 4.69) is 53.4 Å². The molecule has 0 saturated heterocycles. The van der Waals surface area contributed by atoms with E-state index in [4.69, 9.17) is 14.6 Å². The summed E-state index contributed by atoms with van der Waals surface area (Å²) in [6.45, 7) is 4.99. The van der Waals surface area contributed by atoms with E-state index in [0.717, 1.165) is 69.0 Å². The van der Waals surface area contributed by atoms with Crippen LogP contribution in [-0.4, -0.2) is 34.5 Å². The number of aromatic nitrogens is 3. The molecule has 0 atom stereocenters. The largest absolute Gasteiger partial charge is 0.497 e. The van der Waals surface area contributed by atoms with Crippen molar-refractivity contribution in [3.8, 4) is 22.6 Å². The Balaban J connectivity index is 1.51. The van der Waals surface area contributed by atoms with Gasteiger partial charge in [0.15, 0.2) is 0 Å². The molecule has 3 aromatic carbocycles. The number of aryl methyl sites for hydroxylation is 3. The summed E-state index contributed by atoms with van der Waals surface area (Å²) < 4.78 is 15.2. The van der Waals surface area contributed by atoms with Crippen LogP contribution in [0, 0.1) is 0 Å². The molecule has 8 heteroatoms. The predicted octanol–water partition coefficient (Wildman–Crippen LogP) is 5.88. The van der Waals surface area contributed by atoms with Crippen LogP contribution < -0.4 is 20.1 Å². The molecular formula is C31H31N5O3. The maximum Gasteiger partial charge on any atom is 0.252 e. The van der Waals surface area contributed by atoms with E-state index < -0.39 is 0 Å². The van der Waals surface area contributed by atoms with Crippen molar-refractivity contribution in [2.24, 2.45) is 7.05 Å². The fourth-order valence-corrected chi connectivity index (χ4v) is 6.52. The van der Waals surface area contributed by atoms with Gasteiger partial charge in [-0.2, -0.15) is 5.10 Å². The molecule has 2 N–H and O–H groups in total. The van der Waals surface area contributed by atoms with Gasteiger partial charge in [-0.15, -0.1) is 0 Å². The molecule has 0 radical (unpaired) electrons. The molecule has 0 bridgehead atoms. The van der Waals surface area contributed by atoms with E-state index in [1.165, 1.54) is 22.0 Å². The van der Waals surface area contributed by atoms with Crippen molar-refractivity contribution in [3.05, 3.63) is 65.0 Å². The first-order valence-electron chi connectivity index (χ1n) is 13.3. The molecule has 198 valence electrons. The first-order chi connectivity index (χ1) is 18.9. The zero-order valence-electron chi connectivity index (χ0n) is 22.8. The number of carbonyl (C=O) groups excluding carboxylic acids is 1. The Bertz CT molecular complexity index is 1810. The number of fused-ring (bicyclic) bond motifs is 10. The quantitative estimate of drug-likeness (QED) is 0.302. The van der Waals surface area contributed by atoms with Gasteiger partial charge in [0, 0.05) is 82.8 Å². The molecule has 0 spiro atoms. The van der Waals surface area contributed by atoms with Crippen molar-refractivity contribution in [2.75, 3.05) is 19.5 Å². The van der Waals surface area contributed by atoms with Crippen LogP contribution >= 0.6 is 0 Å². The van der Waals surface area contributed by atoms with Crippen molar-refractivity contribution in [1.82, 2.24) is 19.7 Å². The summed E-state index contributed by atoms with van der Waals surface area (Å²) in [4.78, 5) is 13.3. The van der Waals surface area contributed by atoms with Crippen LogP contribution in [0.4, 0.5) is 11.4 Å². The summed E-state index contributed by atoms with van der Waals surface area (Å²) >= 11 is 0. The van der Waals surface area contributed by atoms with Crippen molar-refractivity contribution in [3.63, 3.8) is 0 Å². The van der Waals surface area contributed by atoms with Gasteiger partial charge in [-0.05, 0) is 56.0 Å². The molecule has 7 rings (SSSR count). The lowest BCUT2D eigenvalue weighted by Crippen LogP contribution is -2.15. The molecule has 5 aromatic rings. The number of benzene rings is 3. The second-order valence-corrected chi connectivity index (χ2v) is 10.7. The summed E-state index contributed by atoms with van der Waals surface area (Å²) in [6.07, 6.45) is 3.79. The van der Waals surface area contributed by atoms with Crippen molar-refractivity contribution in [1.29, 1.82) is 0 Å². The summed E-state index contributed by atoms with van der Waals surface area (Å²) in [5.41, 5.74) is 10.6. The normalized spacial score (nSPS) is 13.9. The van der Waals surface area contributed by atoms with Crippen LogP contribution in [0.3, 0.4) is 0 Å². The third-order valence-electron chi connectivity index (χ3n) is 8.04. The number of nitrogens with one attached hydrogen (secondary N) is 2. The van der Waals surface area contributed by atoms with E-state index in [1.807, 2.05) is 29.9 Å². The van der Waals surface area contributed by atoms with E-state index >= 15 is 0 Å². The number of nitrogens with zero attached hydrogens (tertiary/aromatic N) is 3. The highest BCUT2D eigenvalue weighted by Gasteiger charge is 2.35. The van der Waals surface area contributed by atoms with Crippen LogP contribution in [0.15, 0.2) is 42.6 Å². The third kappa shape index (κ3) is 3.44. The van der Waals surface area contributed by atoms with Gasteiger partial charge in [0.05, 0.1) is 31.0 Å². The first kappa shape index (κ1) is 23.6. The van der Waals surface area contributed by atoms with Crippen molar-refractivity contribution in [2.45, 2.75) is 39.3 Å². The highest BCUT2D eigenvalue weighted by molar-refractivity contribution is 6.20. The maximum absolute atomic E-state index is 13.3. The fraction of sp³-hybridized carbons (Fsp3) is 0.290. The van der Waals surface area contributed by atoms with Crippen LogP contribution in [0.25, 0.3) is 32.9 Å². The first-order valence-corrected chi connectivity index (χ1v) is 13.3. The lowest BCUT2D eigenvalue weighted by Gasteiger charge is -2.22. The molecule has 8 nitrogen and oxygen atoms in total. The number of rotatable bonds is 5. The minimum absolute atomic E-state index is 0.00283. The van der Waals surface area contributed by atoms with Gasteiger partial charge in [-0.3, -0.25) is 9.48 Å². The minimum Gasteiger partial charge on any atom is -0.497 e. The zero-order chi connectivity index (χ0) is 27.0. The number of methoxy groups -OCH3 is 2. The smallest absolute Gasteiger partial charge is 0.252 e. The molecule has 1 aliphatic heterocycles. The van der Waals surface area contributed by atoms with Crippen LogP contribution in [0.2, 0.25) is 0 Å². The number of ether oxygens (including phenoxy) is 2. The highest BCUT2D eigenvalue weighted by atomic mass is 16.5. The Labute approximate surface area is 226 Å². The lowest BCUT2D eigenvalue weighted by molar-refractivity contribution is 0.0966. The number of anilines is 2. The molecule has 39 heavy (non-hydrogen) atoms. The Morgan fingerprint density at radius 2 is 1.74 bits per heavy atom. The molecule has 1 aliphatic carbocycles. The van der Waals surface area contributed by atoms with Gasteiger partial charge in [0.25, 0.3) is 5.91 Å². The SMILES string of the molecule is COc1cc(Nc2ccc3c(c2)c2c4c(c5c(c2n3C(C)C)CCc2nn(C)cc2-5)C(=O)NC4)cc(OC)c1. The molecule has 3 heterocycles. The number of hydrogen-bond acceptors (Lipinski definition) is 5. The summed E-state index contributed by atoms with van der Waals surface area (Å²) in [6, 6.07) is 12.5. The summed E-state index contributed by atoms with van der Waals surface area (Å²) in [7, 11) is 5.25. The lowest BCUT2D eigenvalue weighted by atomic mass is 9.82. The molecule has 0 saturated carbocycles. The van der Waals surface area contributed by atoms with Gasteiger partial charge >= 0.3 is 0 Å². The monoisotopic (exact) mass is 521 g/mol. The Morgan fingerprint density at radius 1 is 0.974 bits per heavy atom. The average molecular weight is 522 g/mol. The second kappa shape index (κ2) is 8.53. The predicted molar refractivity (Wildman–Crippen MR) is 153 cm³/mol. The molecule has 0 unspecified atom stereocenters. The number of hydrogen-bond donors (Lipinski definition) is 2. The second-order valence-electron chi connectivity index (χ2n) is 10.7. The Morgan fingerprint density at radius 3 is 2.46 bits per heavy atom. The van der Waals surface area contributed by atoms with Crippen LogP contribution in [0.5, 0.6) is 11.5 Å². The molecule has 2 aliphatic rings. The molecular weight excluding hydrogens is 490 g/mol. The average Bonchev–Trinajstić information content (AvgIpc) is 3.60. The van der Waals surface area contributed by atoms with Gasteiger partial charge in [-0.1, -0.05) is 0 Å². The van der Waals surface area contributed by atoms with E-state index in [0.29, 0.717) is 6.54 Å². The third-order valence-corrected chi connectivity index (χ3v) is 8.04. The molecule has 1 amide bonds. The fourth-order valence-electron chi connectivity index (χ4n) is 6.52. The summed E-state index contributed by atoms with van der Waals surface area (Å²) in [5.74, 6) is 1.44. The Kier molecular flexibility index (Phi) is 5.17. The van der Waals surface area contributed by atoms with E-state index in [-0.39, 0.29) is 11.9 Å². The van der Waals surface area contributed by atoms with Crippen LogP contribution in [-0.2, 0) is 26.4 Å². The van der Waals surface area contributed by atoms with Crippen molar-refractivity contribution >= 4 is 39.1 Å². The zero-order valence-corrected chi connectivity index (χ0v) is 22.8. The van der Waals surface area contributed by atoms with Gasteiger partial charge in [0.1, 0.15) is 11.5 Å². The summed E-state index contributed by atoms with van der Waals surface area (Å²) in [5, 5.41) is 13.7.